The topological polar surface area (TPSA) is 55.6 Å². The van der Waals surface area contributed by atoms with Crippen LogP contribution in [0.2, 0.25) is 0 Å². The van der Waals surface area contributed by atoms with Crippen molar-refractivity contribution in [3.8, 4) is 11.8 Å². The molecule has 1 aromatic carbocycles. The molecule has 0 radical (unpaired) electrons. The van der Waals surface area contributed by atoms with Crippen molar-refractivity contribution >= 4 is 6.09 Å². The molecule has 3 unspecified atom stereocenters. The molecular weight excluding hydrogens is 350 g/mol. The number of carbonyl (C=O) groups excluding carboxylic acids is 1. The third kappa shape index (κ3) is 4.78. The van der Waals surface area contributed by atoms with Gasteiger partial charge in [0.05, 0.1) is 11.6 Å². The Labute approximate surface area is 159 Å². The number of nitrogens with zero attached hydrogens (tertiary/aromatic N) is 1. The number of rotatable bonds is 4. The van der Waals surface area contributed by atoms with Gasteiger partial charge < -0.3 is 15.4 Å². The van der Waals surface area contributed by atoms with Crippen LogP contribution in [0.3, 0.4) is 0 Å². The van der Waals surface area contributed by atoms with Crippen LogP contribution in [0.1, 0.15) is 44.2 Å². The number of amides is 1. The fourth-order valence-corrected chi connectivity index (χ4v) is 3.22. The molecule has 1 aliphatic carbocycles. The molecule has 3 atom stereocenters. The summed E-state index contributed by atoms with van der Waals surface area (Å²) in [5.41, 5.74) is 7.01. The van der Waals surface area contributed by atoms with E-state index < -0.39 is 12.3 Å². The van der Waals surface area contributed by atoms with Crippen molar-refractivity contribution in [1.29, 1.82) is 0 Å². The third-order valence-electron chi connectivity index (χ3n) is 5.28. The Hall–Kier alpha value is -2.13. The molecule has 0 spiro atoms. The minimum atomic E-state index is -1.23. The van der Waals surface area contributed by atoms with Crippen LogP contribution in [0.4, 0.5) is 13.6 Å². The normalized spacial score (nSPS) is 24.1. The van der Waals surface area contributed by atoms with Gasteiger partial charge in [0.2, 0.25) is 0 Å². The Morgan fingerprint density at radius 1 is 1.48 bits per heavy atom. The molecule has 2 N–H and O–H groups in total. The number of benzene rings is 1. The van der Waals surface area contributed by atoms with E-state index in [1.165, 1.54) is 11.8 Å². The Balaban J connectivity index is 1.74. The molecule has 27 heavy (non-hydrogen) atoms. The van der Waals surface area contributed by atoms with Crippen LogP contribution in [-0.4, -0.2) is 42.4 Å². The minimum Gasteiger partial charge on any atom is -0.446 e. The molecule has 1 saturated carbocycles. The van der Waals surface area contributed by atoms with Crippen molar-refractivity contribution in [3.05, 3.63) is 35.1 Å². The maximum atomic E-state index is 14.9. The molecule has 2 aliphatic rings. The lowest BCUT2D eigenvalue weighted by Gasteiger charge is -2.26. The lowest BCUT2D eigenvalue weighted by molar-refractivity contribution is 0.0769. The maximum Gasteiger partial charge on any atom is 0.410 e. The third-order valence-corrected chi connectivity index (χ3v) is 5.28. The van der Waals surface area contributed by atoms with E-state index in [0.29, 0.717) is 24.1 Å². The fourth-order valence-electron chi connectivity index (χ4n) is 3.22. The van der Waals surface area contributed by atoms with Crippen molar-refractivity contribution in [1.82, 2.24) is 4.90 Å². The highest BCUT2D eigenvalue weighted by Gasteiger charge is 2.37. The zero-order valence-corrected chi connectivity index (χ0v) is 15.8. The summed E-state index contributed by atoms with van der Waals surface area (Å²) in [4.78, 5) is 13.7. The fraction of sp³-hybridized carbons (Fsp3) is 0.571. The van der Waals surface area contributed by atoms with Gasteiger partial charge in [0.1, 0.15) is 18.6 Å². The number of likely N-dealkylation sites (tertiary alicyclic amines) is 1. The van der Waals surface area contributed by atoms with Gasteiger partial charge in [0.15, 0.2) is 0 Å². The van der Waals surface area contributed by atoms with E-state index in [2.05, 4.69) is 18.8 Å². The SMILES string of the molecule is CC(F)COC(=O)N1CCC(N)C1Cc1cccc(C#CC2(C)CC2)c1F. The zero-order valence-electron chi connectivity index (χ0n) is 15.8. The summed E-state index contributed by atoms with van der Waals surface area (Å²) in [7, 11) is 0. The van der Waals surface area contributed by atoms with E-state index in [-0.39, 0.29) is 36.3 Å². The molecule has 1 aromatic rings. The molecule has 6 heteroatoms. The monoisotopic (exact) mass is 376 g/mol. The summed E-state index contributed by atoms with van der Waals surface area (Å²) in [6, 6.07) is 4.47. The van der Waals surface area contributed by atoms with Crippen LogP contribution >= 0.6 is 0 Å². The van der Waals surface area contributed by atoms with Crippen molar-refractivity contribution in [2.24, 2.45) is 11.1 Å². The average molecular weight is 376 g/mol. The Kier molecular flexibility index (Phi) is 5.71. The summed E-state index contributed by atoms with van der Waals surface area (Å²) < 4.78 is 32.8. The predicted molar refractivity (Wildman–Crippen MR) is 99.3 cm³/mol. The molecule has 1 saturated heterocycles. The van der Waals surface area contributed by atoms with Crippen LogP contribution in [0.5, 0.6) is 0 Å². The van der Waals surface area contributed by atoms with Gasteiger partial charge in [-0.3, -0.25) is 0 Å². The number of alkyl halides is 1. The van der Waals surface area contributed by atoms with Crippen molar-refractivity contribution < 1.29 is 18.3 Å². The first-order chi connectivity index (χ1) is 12.8. The highest BCUT2D eigenvalue weighted by molar-refractivity contribution is 5.68. The van der Waals surface area contributed by atoms with Crippen LogP contribution in [-0.2, 0) is 11.2 Å². The van der Waals surface area contributed by atoms with Gasteiger partial charge in [0, 0.05) is 18.0 Å². The number of carbonyl (C=O) groups is 1. The van der Waals surface area contributed by atoms with Crippen molar-refractivity contribution in [3.63, 3.8) is 0 Å². The molecule has 0 aromatic heterocycles. The van der Waals surface area contributed by atoms with Gasteiger partial charge in [-0.25, -0.2) is 13.6 Å². The lowest BCUT2D eigenvalue weighted by atomic mass is 9.98. The number of hydrogen-bond donors (Lipinski definition) is 1. The molecule has 1 aliphatic heterocycles. The maximum absolute atomic E-state index is 14.9. The van der Waals surface area contributed by atoms with Crippen LogP contribution in [0, 0.1) is 23.1 Å². The molecule has 4 nitrogen and oxygen atoms in total. The van der Waals surface area contributed by atoms with Crippen LogP contribution in [0.25, 0.3) is 0 Å². The predicted octanol–water partition coefficient (Wildman–Crippen LogP) is 3.42. The van der Waals surface area contributed by atoms with E-state index in [9.17, 15) is 13.6 Å². The highest BCUT2D eigenvalue weighted by atomic mass is 19.1. The Morgan fingerprint density at radius 3 is 2.89 bits per heavy atom. The number of halogens is 2. The van der Waals surface area contributed by atoms with Gasteiger partial charge in [-0.05, 0) is 51.2 Å². The molecule has 2 fully saturated rings. The number of nitrogens with two attached hydrogens (primary N) is 1. The van der Waals surface area contributed by atoms with Gasteiger partial charge in [-0.2, -0.15) is 0 Å². The van der Waals surface area contributed by atoms with E-state index in [1.54, 1.807) is 18.2 Å². The first-order valence-corrected chi connectivity index (χ1v) is 9.43. The van der Waals surface area contributed by atoms with Crippen LogP contribution in [0.15, 0.2) is 18.2 Å². The molecule has 3 rings (SSSR count). The van der Waals surface area contributed by atoms with Gasteiger partial charge in [-0.1, -0.05) is 24.0 Å². The quantitative estimate of drug-likeness (QED) is 0.820. The van der Waals surface area contributed by atoms with E-state index in [0.717, 1.165) is 12.8 Å². The van der Waals surface area contributed by atoms with Crippen molar-refractivity contribution in [2.75, 3.05) is 13.2 Å². The van der Waals surface area contributed by atoms with Gasteiger partial charge in [0.25, 0.3) is 0 Å². The summed E-state index contributed by atoms with van der Waals surface area (Å²) >= 11 is 0. The molecule has 1 amide bonds. The molecular formula is C21H26F2N2O2. The van der Waals surface area contributed by atoms with Crippen molar-refractivity contribution in [2.45, 2.75) is 57.8 Å². The average Bonchev–Trinajstić information content (AvgIpc) is 3.25. The van der Waals surface area contributed by atoms with E-state index in [1.807, 2.05) is 0 Å². The molecule has 146 valence electrons. The van der Waals surface area contributed by atoms with Gasteiger partial charge in [-0.15, -0.1) is 0 Å². The Morgan fingerprint density at radius 2 is 2.22 bits per heavy atom. The summed E-state index contributed by atoms with van der Waals surface area (Å²) in [6.07, 6.45) is 1.14. The largest absolute Gasteiger partial charge is 0.446 e. The second-order valence-corrected chi connectivity index (χ2v) is 7.86. The lowest BCUT2D eigenvalue weighted by Crippen LogP contribution is -2.44. The van der Waals surface area contributed by atoms with Crippen LogP contribution < -0.4 is 5.73 Å². The second-order valence-electron chi connectivity index (χ2n) is 7.86. The standard InChI is InChI=1S/C21H26F2N2O2/c1-14(22)13-27-20(26)25-11-7-17(24)18(25)12-16-5-3-4-15(19(16)23)6-8-21(2)9-10-21/h3-5,14,17-18H,7,9-13,24H2,1-2H3. The second kappa shape index (κ2) is 7.85. The number of ether oxygens (including phenoxy) is 1. The highest BCUT2D eigenvalue weighted by Crippen LogP contribution is 2.44. The first kappa shape index (κ1) is 19.6. The van der Waals surface area contributed by atoms with E-state index in [4.69, 9.17) is 10.5 Å². The first-order valence-electron chi connectivity index (χ1n) is 9.43. The molecule has 0 bridgehead atoms. The summed E-state index contributed by atoms with van der Waals surface area (Å²) in [5, 5.41) is 0. The summed E-state index contributed by atoms with van der Waals surface area (Å²) in [5.74, 6) is 5.73. The molecule has 1 heterocycles. The smallest absolute Gasteiger partial charge is 0.410 e. The summed E-state index contributed by atoms with van der Waals surface area (Å²) in [6.45, 7) is 3.52. The minimum absolute atomic E-state index is 0.0182. The van der Waals surface area contributed by atoms with Gasteiger partial charge >= 0.3 is 6.09 Å². The Bertz CT molecular complexity index is 765. The number of hydrogen-bond acceptors (Lipinski definition) is 3. The zero-order chi connectivity index (χ0) is 19.6. The van der Waals surface area contributed by atoms with E-state index >= 15 is 0 Å².